The third-order valence-electron chi connectivity index (χ3n) is 5.14. The minimum absolute atomic E-state index is 0.172. The van der Waals surface area contributed by atoms with Gasteiger partial charge < -0.3 is 23.7 Å². The van der Waals surface area contributed by atoms with Crippen LogP contribution in [0.5, 0.6) is 5.75 Å². The third-order valence-corrected chi connectivity index (χ3v) is 5.14. The van der Waals surface area contributed by atoms with Crippen LogP contribution in [0.1, 0.15) is 58.9 Å². The summed E-state index contributed by atoms with van der Waals surface area (Å²) in [6, 6.07) is 5.39. The molecule has 238 valence electrons. The number of aromatic amines is 1. The topological polar surface area (TPSA) is 117 Å². The van der Waals surface area contributed by atoms with Gasteiger partial charge >= 0.3 is 5.76 Å². The number of rotatable bonds is 15. The van der Waals surface area contributed by atoms with Gasteiger partial charge in [-0.3, -0.25) is 14.5 Å². The van der Waals surface area contributed by atoms with Gasteiger partial charge in [-0.2, -0.15) is 0 Å². The van der Waals surface area contributed by atoms with E-state index in [-0.39, 0.29) is 13.2 Å². The smallest absolute Gasteiger partial charge is 0.439 e. The first-order chi connectivity index (χ1) is 20.2. The summed E-state index contributed by atoms with van der Waals surface area (Å²) in [6.45, 7) is 19.2. The molecule has 2 aromatic rings. The minimum atomic E-state index is -0.599. The molecule has 10 heteroatoms. The van der Waals surface area contributed by atoms with Crippen molar-refractivity contribution in [2.75, 3.05) is 54.9 Å². The van der Waals surface area contributed by atoms with E-state index in [1.54, 1.807) is 40.6 Å². The van der Waals surface area contributed by atoms with Crippen LogP contribution >= 0.6 is 0 Å². The second kappa shape index (κ2) is 27.7. The van der Waals surface area contributed by atoms with Crippen LogP contribution in [0, 0.1) is 6.92 Å². The van der Waals surface area contributed by atoms with E-state index in [1.165, 1.54) is 18.4 Å². The van der Waals surface area contributed by atoms with E-state index in [9.17, 15) is 4.79 Å². The van der Waals surface area contributed by atoms with Crippen molar-refractivity contribution < 1.29 is 28.2 Å². The number of hydrogen-bond donors (Lipinski definition) is 1. The number of H-pyrrole nitrogens is 1. The van der Waals surface area contributed by atoms with Gasteiger partial charge in [-0.05, 0) is 70.0 Å². The van der Waals surface area contributed by atoms with Crippen molar-refractivity contribution in [2.24, 2.45) is 4.99 Å². The maximum atomic E-state index is 11.1. The summed E-state index contributed by atoms with van der Waals surface area (Å²) in [5, 5.41) is 3.69. The van der Waals surface area contributed by atoms with E-state index >= 15 is 0 Å². The Labute approximate surface area is 252 Å². The highest BCUT2D eigenvalue weighted by molar-refractivity contribution is 5.60. The van der Waals surface area contributed by atoms with Crippen molar-refractivity contribution in [3.8, 4) is 17.1 Å². The number of aryl methyl sites for hydroxylation is 1. The lowest BCUT2D eigenvalue weighted by atomic mass is 10.1. The standard InChI is InChI=1S/C19H25N3O6.C6H12.C5H10.C2H6O/c1-13-10-14(6-7-15(13)18-21-19(23)28-22-18)27-12-17(25-4)16(20-2)11-26-9-5-8-24-3;1-3-5-6-4-2;1-4-5(2)3;1-3-2/h6-7,10H,2,5,8-9,11-12H2,1,3-4H3,(H,21,22,23);5-6H,3-4H2,1-2H3;2,4H2,1,3H3;1-2H3/b17-16-;6-5-;;. The van der Waals surface area contributed by atoms with Crippen LogP contribution in [-0.2, 0) is 18.9 Å². The average molecular weight is 592 g/mol. The largest absolute Gasteiger partial charge is 0.495 e. The van der Waals surface area contributed by atoms with Crippen LogP contribution in [0.4, 0.5) is 0 Å². The van der Waals surface area contributed by atoms with Gasteiger partial charge in [-0.25, -0.2) is 4.79 Å². The number of hydrogen-bond acceptors (Lipinski definition) is 9. The molecule has 0 amide bonds. The van der Waals surface area contributed by atoms with Crippen LogP contribution in [0.2, 0.25) is 0 Å². The van der Waals surface area contributed by atoms with Crippen molar-refractivity contribution in [3.63, 3.8) is 0 Å². The summed E-state index contributed by atoms with van der Waals surface area (Å²) in [5.41, 5.74) is 3.45. The molecule has 0 fully saturated rings. The first-order valence-corrected chi connectivity index (χ1v) is 14.0. The van der Waals surface area contributed by atoms with E-state index in [2.05, 4.69) is 70.6 Å². The minimum Gasteiger partial charge on any atom is -0.495 e. The number of allylic oxidation sites excluding steroid dienone is 3. The lowest BCUT2D eigenvalue weighted by Crippen LogP contribution is -2.10. The van der Waals surface area contributed by atoms with Crippen LogP contribution in [-0.4, -0.2) is 71.7 Å². The van der Waals surface area contributed by atoms with Gasteiger partial charge in [0.25, 0.3) is 0 Å². The molecule has 0 aliphatic heterocycles. The molecule has 2 rings (SSSR count). The molecule has 1 aromatic heterocycles. The SMILES string of the molecule is C=C(C)CC.C=N/C(COCCCOC)=C(/COc1ccc(-c2noc(=O)[nH]2)c(C)c1)OC.CC/C=C\CC.COC. The molecule has 0 saturated heterocycles. The van der Waals surface area contributed by atoms with Gasteiger partial charge in [0.2, 0.25) is 0 Å². The number of nitrogens with one attached hydrogen (secondary N) is 1. The molecule has 0 unspecified atom stereocenters. The molecular formula is C32H53N3O7. The number of aromatic nitrogens is 2. The Bertz CT molecular complexity index is 1080. The van der Waals surface area contributed by atoms with Gasteiger partial charge in [-0.1, -0.05) is 43.7 Å². The fourth-order valence-corrected chi connectivity index (χ4v) is 2.77. The van der Waals surface area contributed by atoms with Crippen molar-refractivity contribution in [3.05, 3.63) is 70.1 Å². The molecule has 0 bridgehead atoms. The van der Waals surface area contributed by atoms with Crippen LogP contribution in [0.25, 0.3) is 11.4 Å². The monoisotopic (exact) mass is 591 g/mol. The van der Waals surface area contributed by atoms with Crippen LogP contribution < -0.4 is 10.5 Å². The molecular weight excluding hydrogens is 538 g/mol. The molecule has 1 heterocycles. The molecule has 10 nitrogen and oxygen atoms in total. The first-order valence-electron chi connectivity index (χ1n) is 14.0. The molecule has 0 spiro atoms. The van der Waals surface area contributed by atoms with Gasteiger partial charge in [0.1, 0.15) is 18.1 Å². The van der Waals surface area contributed by atoms with Crippen LogP contribution in [0.3, 0.4) is 0 Å². The Morgan fingerprint density at radius 2 is 1.69 bits per heavy atom. The Balaban J connectivity index is 0. The molecule has 0 aliphatic carbocycles. The number of methoxy groups -OCH3 is 3. The third kappa shape index (κ3) is 20.4. The van der Waals surface area contributed by atoms with E-state index in [4.69, 9.17) is 18.9 Å². The Morgan fingerprint density at radius 1 is 1.07 bits per heavy atom. The Morgan fingerprint density at radius 3 is 2.12 bits per heavy atom. The van der Waals surface area contributed by atoms with Crippen molar-refractivity contribution >= 4 is 6.72 Å². The predicted octanol–water partition coefficient (Wildman–Crippen LogP) is 6.93. The zero-order chi connectivity index (χ0) is 32.2. The molecule has 0 radical (unpaired) electrons. The highest BCUT2D eigenvalue weighted by Gasteiger charge is 2.11. The van der Waals surface area contributed by atoms with Crippen molar-refractivity contribution in [1.82, 2.24) is 10.1 Å². The summed E-state index contributed by atoms with van der Waals surface area (Å²) >= 11 is 0. The summed E-state index contributed by atoms with van der Waals surface area (Å²) in [7, 11) is 6.44. The maximum Gasteiger partial charge on any atom is 0.439 e. The number of ether oxygens (including phenoxy) is 5. The van der Waals surface area contributed by atoms with Crippen LogP contribution in [0.15, 0.2) is 68.3 Å². The van der Waals surface area contributed by atoms with Gasteiger partial charge in [0, 0.05) is 40.1 Å². The number of benzene rings is 1. The quantitative estimate of drug-likeness (QED) is 0.103. The normalized spacial score (nSPS) is 10.7. The van der Waals surface area contributed by atoms with E-state index < -0.39 is 5.76 Å². The summed E-state index contributed by atoms with van der Waals surface area (Å²) in [4.78, 5) is 17.6. The Hall–Kier alpha value is -3.47. The highest BCUT2D eigenvalue weighted by atomic mass is 16.5. The molecule has 42 heavy (non-hydrogen) atoms. The van der Waals surface area contributed by atoms with Crippen molar-refractivity contribution in [2.45, 2.75) is 60.3 Å². The van der Waals surface area contributed by atoms with E-state index in [1.807, 2.05) is 19.9 Å². The Kier molecular flexibility index (Phi) is 26.8. The summed E-state index contributed by atoms with van der Waals surface area (Å²) in [6.07, 6.45) is 8.61. The molecule has 1 N–H and O–H groups in total. The zero-order valence-corrected chi connectivity index (χ0v) is 27.2. The molecule has 0 atom stereocenters. The number of nitrogens with zero attached hydrogens (tertiary/aromatic N) is 2. The predicted molar refractivity (Wildman–Crippen MR) is 171 cm³/mol. The van der Waals surface area contributed by atoms with E-state index in [0.29, 0.717) is 36.2 Å². The van der Waals surface area contributed by atoms with Gasteiger partial charge in [0.15, 0.2) is 11.6 Å². The van der Waals surface area contributed by atoms with E-state index in [0.717, 1.165) is 24.0 Å². The maximum absolute atomic E-state index is 11.1. The average Bonchev–Trinajstić information content (AvgIpc) is 3.41. The summed E-state index contributed by atoms with van der Waals surface area (Å²) in [5.74, 6) is 0.934. The lowest BCUT2D eigenvalue weighted by Gasteiger charge is -2.13. The lowest BCUT2D eigenvalue weighted by molar-refractivity contribution is 0.112. The first kappa shape index (κ1) is 40.7. The highest BCUT2D eigenvalue weighted by Crippen LogP contribution is 2.24. The zero-order valence-electron chi connectivity index (χ0n) is 27.2. The molecule has 1 aromatic carbocycles. The van der Waals surface area contributed by atoms with Gasteiger partial charge in [0.05, 0.1) is 13.7 Å². The second-order valence-electron chi connectivity index (χ2n) is 8.85. The van der Waals surface area contributed by atoms with Gasteiger partial charge in [-0.15, -0.1) is 6.58 Å². The summed E-state index contributed by atoms with van der Waals surface area (Å²) < 4.78 is 30.5. The second-order valence-corrected chi connectivity index (χ2v) is 8.85. The molecule has 0 saturated carbocycles. The fraction of sp³-hybridized carbons (Fsp3) is 0.531. The fourth-order valence-electron chi connectivity index (χ4n) is 2.77. The molecule has 0 aliphatic rings. The van der Waals surface area contributed by atoms with Crippen molar-refractivity contribution in [1.29, 1.82) is 0 Å². The number of aliphatic imine (C=N–C) groups is 1.